The van der Waals surface area contributed by atoms with Gasteiger partial charge in [0.1, 0.15) is 0 Å². The molecule has 0 amide bonds. The zero-order valence-electron chi connectivity index (χ0n) is 26.0. The molecule has 220 valence electrons. The second-order valence-electron chi connectivity index (χ2n) is 10.4. The van der Waals surface area contributed by atoms with Crippen LogP contribution in [0.3, 0.4) is 0 Å². The average Bonchev–Trinajstić information content (AvgIpc) is 3.79. The lowest BCUT2D eigenvalue weighted by molar-refractivity contribution is 1.46. The van der Waals surface area contributed by atoms with Gasteiger partial charge in [0.2, 0.25) is 0 Å². The van der Waals surface area contributed by atoms with Crippen LogP contribution in [-0.4, -0.2) is 0 Å². The van der Waals surface area contributed by atoms with E-state index in [9.17, 15) is 0 Å². The van der Waals surface area contributed by atoms with E-state index >= 15 is 0 Å². The molecule has 0 saturated carbocycles. The first kappa shape index (κ1) is 30.5. The molecule has 0 saturated heterocycles. The third kappa shape index (κ3) is 5.80. The van der Waals surface area contributed by atoms with Crippen LogP contribution >= 0.6 is 45.3 Å². The molecule has 4 heteroatoms. The average molecular weight is 645 g/mol. The molecule has 0 unspecified atom stereocenters. The third-order valence-corrected chi connectivity index (χ3v) is 12.9. The lowest BCUT2D eigenvalue weighted by Crippen LogP contribution is -1.74. The van der Waals surface area contributed by atoms with Crippen LogP contribution in [0.4, 0.5) is 0 Å². The Balaban J connectivity index is 0.000000826. The molecule has 0 aliphatic rings. The largest absolute Gasteiger partial charge is 0.133 e. The van der Waals surface area contributed by atoms with Gasteiger partial charge in [-0.25, -0.2) is 0 Å². The Morgan fingerprint density at radius 2 is 0.682 bits per heavy atom. The summed E-state index contributed by atoms with van der Waals surface area (Å²) in [6.07, 6.45) is 8.86. The highest BCUT2D eigenvalue weighted by Crippen LogP contribution is 2.53. The van der Waals surface area contributed by atoms with E-state index in [0.29, 0.717) is 0 Å². The number of rotatable bonds is 4. The molecule has 0 aliphatic carbocycles. The quantitative estimate of drug-likeness (QED) is 0.167. The predicted octanol–water partition coefficient (Wildman–Crippen LogP) is 14.7. The number of hydrogen-bond acceptors (Lipinski definition) is 4. The molecule has 8 rings (SSSR count). The van der Waals surface area contributed by atoms with E-state index in [4.69, 9.17) is 0 Å². The van der Waals surface area contributed by atoms with Crippen molar-refractivity contribution in [2.45, 2.75) is 41.5 Å². The summed E-state index contributed by atoms with van der Waals surface area (Å²) in [6.45, 7) is 12.3. The van der Waals surface area contributed by atoms with Crippen molar-refractivity contribution in [2.75, 3.05) is 0 Å². The molecule has 0 atom stereocenters. The number of fused-ring (bicyclic) bond motifs is 9. The Bertz CT molecular complexity index is 2100. The maximum Gasteiger partial charge on any atom is 0.0651 e. The van der Waals surface area contributed by atoms with Crippen LogP contribution in [0.2, 0.25) is 0 Å². The monoisotopic (exact) mass is 644 g/mol. The molecular weight excluding hydrogens is 609 g/mol. The molecule has 0 nitrogen and oxygen atoms in total. The van der Waals surface area contributed by atoms with Crippen LogP contribution in [0.15, 0.2) is 84.9 Å². The van der Waals surface area contributed by atoms with Crippen LogP contribution in [0.5, 0.6) is 0 Å². The summed E-state index contributed by atoms with van der Waals surface area (Å²) < 4.78 is 11.5. The van der Waals surface area contributed by atoms with Crippen LogP contribution < -0.4 is 0 Å². The highest BCUT2D eigenvalue weighted by Gasteiger charge is 2.19. The Morgan fingerprint density at radius 3 is 1.07 bits per heavy atom. The topological polar surface area (TPSA) is 0 Å². The summed E-state index contributed by atoms with van der Waals surface area (Å²) in [5.74, 6) is 0. The molecule has 4 heterocycles. The molecule has 0 bridgehead atoms. The van der Waals surface area contributed by atoms with Gasteiger partial charge in [-0.3, -0.25) is 0 Å². The van der Waals surface area contributed by atoms with E-state index in [1.165, 1.54) is 81.8 Å². The molecule has 0 radical (unpaired) electrons. The van der Waals surface area contributed by atoms with Gasteiger partial charge in [0.25, 0.3) is 0 Å². The fourth-order valence-corrected chi connectivity index (χ4v) is 11.2. The van der Waals surface area contributed by atoms with Crippen molar-refractivity contribution in [1.29, 1.82) is 0 Å². The van der Waals surface area contributed by atoms with E-state index in [0.717, 1.165) is 0 Å². The lowest BCUT2D eigenvalue weighted by Gasteiger charge is -1.97. The summed E-state index contributed by atoms with van der Waals surface area (Å²) >= 11 is 7.86. The highest BCUT2D eigenvalue weighted by atomic mass is 32.1. The molecule has 4 aromatic carbocycles. The van der Waals surface area contributed by atoms with Gasteiger partial charge in [-0.2, -0.15) is 0 Å². The van der Waals surface area contributed by atoms with Crippen molar-refractivity contribution in [3.8, 4) is 0 Å². The Labute approximate surface area is 276 Å². The smallest absolute Gasteiger partial charge is 0.0651 e. The van der Waals surface area contributed by atoms with E-state index in [-0.39, 0.29) is 0 Å². The maximum atomic E-state index is 2.35. The first-order valence-electron chi connectivity index (χ1n) is 15.3. The fourth-order valence-electron chi connectivity index (χ4n) is 5.22. The van der Waals surface area contributed by atoms with Gasteiger partial charge in [-0.1, -0.05) is 136 Å². The fraction of sp³-hybridized carbons (Fsp3) is 0.150. The minimum Gasteiger partial charge on any atom is -0.133 e. The first-order chi connectivity index (χ1) is 21.6. The Hall–Kier alpha value is -3.54. The van der Waals surface area contributed by atoms with Crippen molar-refractivity contribution in [3.05, 3.63) is 118 Å². The van der Waals surface area contributed by atoms with Gasteiger partial charge in [0.15, 0.2) is 0 Å². The van der Waals surface area contributed by atoms with Gasteiger partial charge >= 0.3 is 0 Å². The van der Waals surface area contributed by atoms with Crippen LogP contribution in [0.1, 0.15) is 61.1 Å². The second-order valence-corrected chi connectivity index (χ2v) is 14.5. The lowest BCUT2D eigenvalue weighted by atomic mass is 10.1. The SMILES string of the molecule is CC.CC.Cc1ccc(C=Cc2ccc3c(c2)sc2c3sc3c4sc5cc(C=Cc6ccc(C)cc6)ccc5c4sc23)cc1. The first-order valence-corrected chi connectivity index (χ1v) is 18.6. The van der Waals surface area contributed by atoms with Gasteiger partial charge in [-0.05, 0) is 48.2 Å². The van der Waals surface area contributed by atoms with Crippen molar-refractivity contribution in [2.24, 2.45) is 0 Å². The van der Waals surface area contributed by atoms with Crippen LogP contribution in [0, 0.1) is 13.8 Å². The Kier molecular flexibility index (Phi) is 9.16. The summed E-state index contributed by atoms with van der Waals surface area (Å²) in [5, 5.41) is 2.78. The highest BCUT2D eigenvalue weighted by molar-refractivity contribution is 7.47. The van der Waals surface area contributed by atoms with Crippen molar-refractivity contribution >= 4 is 118 Å². The molecule has 44 heavy (non-hydrogen) atoms. The van der Waals surface area contributed by atoms with Gasteiger partial charge in [-0.15, -0.1) is 45.3 Å². The van der Waals surface area contributed by atoms with E-state index in [2.05, 4.69) is 123 Å². The third-order valence-electron chi connectivity index (χ3n) is 7.46. The number of hydrogen-bond donors (Lipinski definition) is 0. The molecule has 0 N–H and O–H groups in total. The maximum absolute atomic E-state index is 2.35. The van der Waals surface area contributed by atoms with E-state index in [1.54, 1.807) is 0 Å². The molecule has 4 aromatic heterocycles. The zero-order chi connectivity index (χ0) is 30.8. The number of thiophene rings is 4. The van der Waals surface area contributed by atoms with Gasteiger partial charge < -0.3 is 0 Å². The van der Waals surface area contributed by atoms with Crippen molar-refractivity contribution in [1.82, 2.24) is 0 Å². The van der Waals surface area contributed by atoms with E-state index in [1.807, 2.05) is 73.0 Å². The van der Waals surface area contributed by atoms with Crippen molar-refractivity contribution in [3.63, 3.8) is 0 Å². The number of aryl methyl sites for hydroxylation is 2. The normalized spacial score (nSPS) is 11.7. The zero-order valence-corrected chi connectivity index (χ0v) is 29.3. The molecular formula is C40H36S4. The summed E-state index contributed by atoms with van der Waals surface area (Å²) in [5.41, 5.74) is 7.56. The minimum absolute atomic E-state index is 1.24. The predicted molar refractivity (Wildman–Crippen MR) is 208 cm³/mol. The van der Waals surface area contributed by atoms with Gasteiger partial charge in [0.05, 0.1) is 28.2 Å². The standard InChI is InChI=1S/C36H24S4.2C2H6/c1-21-3-7-23(8-4-21)11-13-25-15-17-27-29(19-25)37-33-31(27)39-36-34-32(40-35(33)36)28-18-16-26(20-30(28)38-34)14-12-24-9-5-22(2)6-10-24;2*1-2/h3-20H,1-2H3;2*1-2H3. The summed E-state index contributed by atoms with van der Waals surface area (Å²) in [7, 11) is 0. The summed E-state index contributed by atoms with van der Waals surface area (Å²) in [6, 6.07) is 31.2. The molecule has 8 aromatic rings. The number of benzene rings is 4. The van der Waals surface area contributed by atoms with Crippen LogP contribution in [-0.2, 0) is 0 Å². The molecule has 0 aliphatic heterocycles. The van der Waals surface area contributed by atoms with Gasteiger partial charge in [0, 0.05) is 20.2 Å². The molecule has 0 fully saturated rings. The molecule has 0 spiro atoms. The summed E-state index contributed by atoms with van der Waals surface area (Å²) in [4.78, 5) is 0. The van der Waals surface area contributed by atoms with E-state index < -0.39 is 0 Å². The minimum atomic E-state index is 1.24. The van der Waals surface area contributed by atoms with Crippen LogP contribution in [0.25, 0.3) is 72.7 Å². The second kappa shape index (κ2) is 13.2. The van der Waals surface area contributed by atoms with Crippen molar-refractivity contribution < 1.29 is 0 Å². The Morgan fingerprint density at radius 1 is 0.364 bits per heavy atom.